The van der Waals surface area contributed by atoms with E-state index in [2.05, 4.69) is 27.5 Å². The minimum Gasteiger partial charge on any atom is -0.497 e. The van der Waals surface area contributed by atoms with E-state index in [4.69, 9.17) is 10.5 Å². The maximum atomic E-state index is 6.01. The number of hydrogen-bond donors (Lipinski definition) is 2. The molecule has 3 N–H and O–H groups in total. The minimum absolute atomic E-state index is 0.363. The molecule has 3 rings (SSSR count). The number of rotatable bonds is 6. The largest absolute Gasteiger partial charge is 0.497 e. The highest BCUT2D eigenvalue weighted by atomic mass is 16.5. The summed E-state index contributed by atoms with van der Waals surface area (Å²) >= 11 is 0. The zero-order chi connectivity index (χ0) is 17.5. The number of benzene rings is 2. The fourth-order valence-electron chi connectivity index (χ4n) is 2.49. The lowest BCUT2D eigenvalue weighted by Gasteiger charge is -2.10. The van der Waals surface area contributed by atoms with Crippen molar-refractivity contribution in [1.82, 2.24) is 9.78 Å². The van der Waals surface area contributed by atoms with Gasteiger partial charge in [0.05, 0.1) is 20.2 Å². The van der Waals surface area contributed by atoms with Crippen molar-refractivity contribution in [3.05, 3.63) is 78.1 Å². The van der Waals surface area contributed by atoms with E-state index in [1.807, 2.05) is 53.3 Å². The van der Waals surface area contributed by atoms with Crippen LogP contribution in [-0.4, -0.2) is 22.8 Å². The first-order chi connectivity index (χ1) is 12.2. The van der Waals surface area contributed by atoms with Gasteiger partial charge in [-0.05, 0) is 29.3 Å². The van der Waals surface area contributed by atoms with Gasteiger partial charge in [-0.15, -0.1) is 0 Å². The number of ether oxygens (including phenoxy) is 1. The zero-order valence-electron chi connectivity index (χ0n) is 14.1. The molecule has 128 valence electrons. The first-order valence-corrected chi connectivity index (χ1v) is 8.00. The van der Waals surface area contributed by atoms with Crippen molar-refractivity contribution in [1.29, 1.82) is 0 Å². The standard InChI is InChI=1S/C19H21N5O/c1-25-18-9-4-8-17(12-18)23-19(20)21-13-15-6-2-3-7-16(15)14-24-11-5-10-22-24/h2-12H,13-14H2,1H3,(H3,20,21,23). The molecular formula is C19H21N5O. The first kappa shape index (κ1) is 16.6. The van der Waals surface area contributed by atoms with Crippen molar-refractivity contribution in [2.24, 2.45) is 10.7 Å². The van der Waals surface area contributed by atoms with E-state index in [9.17, 15) is 0 Å². The van der Waals surface area contributed by atoms with E-state index < -0.39 is 0 Å². The summed E-state index contributed by atoms with van der Waals surface area (Å²) < 4.78 is 7.09. The highest BCUT2D eigenvalue weighted by Crippen LogP contribution is 2.16. The number of nitrogens with one attached hydrogen (secondary N) is 1. The molecule has 0 aliphatic rings. The van der Waals surface area contributed by atoms with Crippen molar-refractivity contribution in [3.8, 4) is 5.75 Å². The second kappa shape index (κ2) is 8.01. The molecule has 1 aromatic heterocycles. The molecule has 6 heteroatoms. The number of hydrogen-bond acceptors (Lipinski definition) is 3. The molecule has 0 aliphatic heterocycles. The molecule has 0 saturated carbocycles. The molecule has 0 fully saturated rings. The quantitative estimate of drug-likeness (QED) is 0.536. The number of aromatic nitrogens is 2. The van der Waals surface area contributed by atoms with Crippen LogP contribution in [0.15, 0.2) is 72.0 Å². The van der Waals surface area contributed by atoms with E-state index in [-0.39, 0.29) is 0 Å². The highest BCUT2D eigenvalue weighted by Gasteiger charge is 2.03. The molecule has 0 saturated heterocycles. The van der Waals surface area contributed by atoms with Crippen LogP contribution in [0.2, 0.25) is 0 Å². The fraction of sp³-hybridized carbons (Fsp3) is 0.158. The van der Waals surface area contributed by atoms with Crippen LogP contribution in [0.5, 0.6) is 5.75 Å². The van der Waals surface area contributed by atoms with Gasteiger partial charge in [-0.25, -0.2) is 4.99 Å². The first-order valence-electron chi connectivity index (χ1n) is 8.00. The predicted octanol–water partition coefficient (Wildman–Crippen LogP) is 2.87. The van der Waals surface area contributed by atoms with Crippen LogP contribution in [0.4, 0.5) is 5.69 Å². The Morgan fingerprint density at radius 3 is 2.76 bits per heavy atom. The van der Waals surface area contributed by atoms with Crippen LogP contribution in [0.3, 0.4) is 0 Å². The number of methoxy groups -OCH3 is 1. The summed E-state index contributed by atoms with van der Waals surface area (Å²) in [5.41, 5.74) is 9.14. The third kappa shape index (κ3) is 4.60. The molecule has 0 radical (unpaired) electrons. The topological polar surface area (TPSA) is 77.5 Å². The van der Waals surface area contributed by atoms with Crippen LogP contribution in [0.25, 0.3) is 0 Å². The van der Waals surface area contributed by atoms with E-state index in [1.54, 1.807) is 13.3 Å². The summed E-state index contributed by atoms with van der Waals surface area (Å²) in [6, 6.07) is 17.6. The smallest absolute Gasteiger partial charge is 0.193 e. The van der Waals surface area contributed by atoms with Gasteiger partial charge < -0.3 is 15.8 Å². The molecule has 0 amide bonds. The number of nitrogens with two attached hydrogens (primary N) is 1. The summed E-state index contributed by atoms with van der Waals surface area (Å²) in [7, 11) is 1.63. The van der Waals surface area contributed by atoms with Gasteiger partial charge in [0, 0.05) is 24.1 Å². The average molecular weight is 335 g/mol. The van der Waals surface area contributed by atoms with Crippen LogP contribution < -0.4 is 15.8 Å². The van der Waals surface area contributed by atoms with Crippen molar-refractivity contribution < 1.29 is 4.74 Å². The van der Waals surface area contributed by atoms with Gasteiger partial charge in [-0.1, -0.05) is 30.3 Å². The van der Waals surface area contributed by atoms with Crippen LogP contribution in [-0.2, 0) is 13.1 Å². The highest BCUT2D eigenvalue weighted by molar-refractivity contribution is 5.92. The maximum Gasteiger partial charge on any atom is 0.193 e. The van der Waals surface area contributed by atoms with Gasteiger partial charge in [0.2, 0.25) is 0 Å². The Bertz CT molecular complexity index is 843. The fourth-order valence-corrected chi connectivity index (χ4v) is 2.49. The van der Waals surface area contributed by atoms with E-state index >= 15 is 0 Å². The van der Waals surface area contributed by atoms with Gasteiger partial charge in [-0.2, -0.15) is 5.10 Å². The van der Waals surface area contributed by atoms with Gasteiger partial charge in [0.25, 0.3) is 0 Å². The molecule has 0 unspecified atom stereocenters. The van der Waals surface area contributed by atoms with Crippen molar-refractivity contribution >= 4 is 11.6 Å². The normalized spacial score (nSPS) is 11.3. The third-order valence-corrected chi connectivity index (χ3v) is 3.77. The lowest BCUT2D eigenvalue weighted by atomic mass is 10.1. The number of guanidine groups is 1. The average Bonchev–Trinajstić information content (AvgIpc) is 3.14. The third-order valence-electron chi connectivity index (χ3n) is 3.77. The summed E-state index contributed by atoms with van der Waals surface area (Å²) in [5, 5.41) is 7.33. The lowest BCUT2D eigenvalue weighted by molar-refractivity contribution is 0.415. The Hall–Kier alpha value is -3.28. The molecule has 2 aromatic carbocycles. The summed E-state index contributed by atoms with van der Waals surface area (Å²) in [6.45, 7) is 1.21. The van der Waals surface area contributed by atoms with Gasteiger partial charge in [0.15, 0.2) is 5.96 Å². The maximum absolute atomic E-state index is 6.01. The van der Waals surface area contributed by atoms with Crippen LogP contribution >= 0.6 is 0 Å². The second-order valence-electron chi connectivity index (χ2n) is 5.53. The summed E-state index contributed by atoms with van der Waals surface area (Å²) in [5.74, 6) is 1.13. The molecule has 25 heavy (non-hydrogen) atoms. The lowest BCUT2D eigenvalue weighted by Crippen LogP contribution is -2.22. The summed E-state index contributed by atoms with van der Waals surface area (Å²) in [6.07, 6.45) is 3.72. The van der Waals surface area contributed by atoms with E-state index in [0.29, 0.717) is 19.0 Å². The van der Waals surface area contributed by atoms with E-state index in [0.717, 1.165) is 17.0 Å². The van der Waals surface area contributed by atoms with Gasteiger partial charge >= 0.3 is 0 Å². The molecule has 0 bridgehead atoms. The van der Waals surface area contributed by atoms with Crippen molar-refractivity contribution in [2.45, 2.75) is 13.1 Å². The monoisotopic (exact) mass is 335 g/mol. The molecule has 0 spiro atoms. The van der Waals surface area contributed by atoms with Crippen LogP contribution in [0, 0.1) is 0 Å². The molecule has 3 aromatic rings. The van der Waals surface area contributed by atoms with Crippen molar-refractivity contribution in [3.63, 3.8) is 0 Å². The minimum atomic E-state index is 0.363. The van der Waals surface area contributed by atoms with Crippen LogP contribution in [0.1, 0.15) is 11.1 Å². The molecule has 1 heterocycles. The predicted molar refractivity (Wildman–Crippen MR) is 99.7 cm³/mol. The van der Waals surface area contributed by atoms with E-state index in [1.165, 1.54) is 5.56 Å². The number of nitrogens with zero attached hydrogens (tertiary/aromatic N) is 3. The Morgan fingerprint density at radius 2 is 2.00 bits per heavy atom. The summed E-state index contributed by atoms with van der Waals surface area (Å²) in [4.78, 5) is 4.45. The SMILES string of the molecule is COc1cccc(NC(N)=NCc2ccccc2Cn2cccn2)c1. The molecule has 0 aliphatic carbocycles. The Morgan fingerprint density at radius 1 is 1.16 bits per heavy atom. The molecule has 0 atom stereocenters. The number of anilines is 1. The Labute approximate surface area is 147 Å². The van der Waals surface area contributed by atoms with Gasteiger partial charge in [0.1, 0.15) is 5.75 Å². The Balaban J connectivity index is 1.68. The second-order valence-corrected chi connectivity index (χ2v) is 5.53. The molecule has 6 nitrogen and oxygen atoms in total. The number of aliphatic imine (C=N–C) groups is 1. The van der Waals surface area contributed by atoms with Gasteiger partial charge in [-0.3, -0.25) is 4.68 Å². The Kier molecular flexibility index (Phi) is 5.31. The van der Waals surface area contributed by atoms with Crippen molar-refractivity contribution in [2.75, 3.05) is 12.4 Å². The zero-order valence-corrected chi connectivity index (χ0v) is 14.1. The molecular weight excluding hydrogens is 314 g/mol.